The first kappa shape index (κ1) is 11.1. The average molecular weight is 225 g/mol. The predicted octanol–water partition coefficient (Wildman–Crippen LogP) is 2.88. The molecule has 1 aromatic heterocycles. The molecule has 2 heterocycles. The molecule has 1 aliphatic rings. The Morgan fingerprint density at radius 3 is 2.93 bits per heavy atom. The number of rotatable bonds is 3. The number of aryl methyl sites for hydroxylation is 1. The molecule has 0 spiro atoms. The lowest BCUT2D eigenvalue weighted by atomic mass is 9.93. The van der Waals surface area contributed by atoms with E-state index in [0.717, 1.165) is 25.9 Å². The fourth-order valence-electron chi connectivity index (χ4n) is 2.10. The number of hydrogen-bond donors (Lipinski definition) is 1. The van der Waals surface area contributed by atoms with Crippen LogP contribution in [0.4, 0.5) is 0 Å². The summed E-state index contributed by atoms with van der Waals surface area (Å²) in [6.07, 6.45) is 3.30. The normalized spacial score (nSPS) is 28.2. The van der Waals surface area contributed by atoms with Gasteiger partial charge in [-0.15, -0.1) is 11.3 Å². The molecule has 3 heteroatoms. The van der Waals surface area contributed by atoms with Crippen molar-refractivity contribution in [2.45, 2.75) is 44.8 Å². The lowest BCUT2D eigenvalue weighted by Gasteiger charge is -2.29. The minimum atomic E-state index is -0.143. The fourth-order valence-corrected chi connectivity index (χ4v) is 3.19. The zero-order valence-electron chi connectivity index (χ0n) is 9.45. The van der Waals surface area contributed by atoms with E-state index in [1.54, 1.807) is 0 Å². The van der Waals surface area contributed by atoms with Crippen LogP contribution in [0.5, 0.6) is 0 Å². The third-order valence-electron chi connectivity index (χ3n) is 3.24. The molecule has 1 aliphatic heterocycles. The van der Waals surface area contributed by atoms with E-state index in [-0.39, 0.29) is 11.6 Å². The van der Waals surface area contributed by atoms with Crippen LogP contribution in [-0.2, 0) is 11.2 Å². The summed E-state index contributed by atoms with van der Waals surface area (Å²) >= 11 is 1.82. The van der Waals surface area contributed by atoms with Gasteiger partial charge >= 0.3 is 0 Å². The maximum atomic E-state index is 6.29. The van der Waals surface area contributed by atoms with Crippen LogP contribution in [0.25, 0.3) is 0 Å². The van der Waals surface area contributed by atoms with Gasteiger partial charge in [-0.05, 0) is 38.3 Å². The van der Waals surface area contributed by atoms with Crippen LogP contribution in [0, 0.1) is 0 Å². The van der Waals surface area contributed by atoms with Gasteiger partial charge in [-0.3, -0.25) is 0 Å². The zero-order valence-corrected chi connectivity index (χ0v) is 10.3. The summed E-state index contributed by atoms with van der Waals surface area (Å²) in [5.74, 6) is 0. The van der Waals surface area contributed by atoms with Crippen molar-refractivity contribution in [2.24, 2.45) is 5.73 Å². The largest absolute Gasteiger partial charge is 0.373 e. The Balaban J connectivity index is 2.15. The van der Waals surface area contributed by atoms with Crippen molar-refractivity contribution in [1.82, 2.24) is 0 Å². The molecule has 15 heavy (non-hydrogen) atoms. The van der Waals surface area contributed by atoms with Crippen molar-refractivity contribution in [1.29, 1.82) is 0 Å². The molecule has 0 aromatic carbocycles. The van der Waals surface area contributed by atoms with Gasteiger partial charge in [0.1, 0.15) is 0 Å². The molecule has 2 rings (SSSR count). The molecular weight excluding hydrogens is 206 g/mol. The number of ether oxygens (including phenoxy) is 1. The second-order valence-corrected chi connectivity index (χ2v) is 5.60. The number of hydrogen-bond acceptors (Lipinski definition) is 3. The Labute approximate surface area is 95.4 Å². The summed E-state index contributed by atoms with van der Waals surface area (Å²) in [7, 11) is 0. The van der Waals surface area contributed by atoms with Crippen LogP contribution in [0.15, 0.2) is 12.1 Å². The molecule has 84 valence electrons. The molecule has 1 aromatic rings. The quantitative estimate of drug-likeness (QED) is 0.858. The minimum absolute atomic E-state index is 0.0327. The lowest BCUT2D eigenvalue weighted by Crippen LogP contribution is -2.37. The number of thiophene rings is 1. The van der Waals surface area contributed by atoms with E-state index in [2.05, 4.69) is 26.0 Å². The number of nitrogens with two attached hydrogens (primary N) is 1. The van der Waals surface area contributed by atoms with Gasteiger partial charge in [0.15, 0.2) is 0 Å². The first-order chi connectivity index (χ1) is 7.15. The van der Waals surface area contributed by atoms with Crippen molar-refractivity contribution in [2.75, 3.05) is 6.61 Å². The van der Waals surface area contributed by atoms with Crippen LogP contribution in [0.2, 0.25) is 0 Å². The minimum Gasteiger partial charge on any atom is -0.373 e. The predicted molar refractivity (Wildman–Crippen MR) is 64.2 cm³/mol. The molecule has 2 atom stereocenters. The van der Waals surface area contributed by atoms with E-state index < -0.39 is 0 Å². The summed E-state index contributed by atoms with van der Waals surface area (Å²) in [6.45, 7) is 5.17. The van der Waals surface area contributed by atoms with Gasteiger partial charge in [0.05, 0.1) is 11.6 Å². The van der Waals surface area contributed by atoms with E-state index in [0.29, 0.717) is 0 Å². The first-order valence-electron chi connectivity index (χ1n) is 5.64. The van der Waals surface area contributed by atoms with Crippen LogP contribution in [-0.4, -0.2) is 12.2 Å². The van der Waals surface area contributed by atoms with Crippen molar-refractivity contribution < 1.29 is 4.74 Å². The Morgan fingerprint density at radius 2 is 2.40 bits per heavy atom. The van der Waals surface area contributed by atoms with Crippen molar-refractivity contribution in [3.05, 3.63) is 21.9 Å². The molecular formula is C12H19NOS. The molecule has 0 amide bonds. The summed E-state index contributed by atoms with van der Waals surface area (Å²) in [5, 5.41) is 0. The van der Waals surface area contributed by atoms with Gasteiger partial charge in [-0.2, -0.15) is 0 Å². The highest BCUT2D eigenvalue weighted by molar-refractivity contribution is 7.12. The Kier molecular flexibility index (Phi) is 3.14. The highest BCUT2D eigenvalue weighted by Crippen LogP contribution is 2.38. The Morgan fingerprint density at radius 1 is 1.60 bits per heavy atom. The van der Waals surface area contributed by atoms with Crippen LogP contribution < -0.4 is 5.73 Å². The topological polar surface area (TPSA) is 35.2 Å². The molecule has 0 radical (unpaired) electrons. The van der Waals surface area contributed by atoms with Crippen LogP contribution >= 0.6 is 11.3 Å². The second kappa shape index (κ2) is 4.24. The highest BCUT2D eigenvalue weighted by Gasteiger charge is 2.37. The van der Waals surface area contributed by atoms with Crippen molar-refractivity contribution >= 4 is 11.3 Å². The zero-order chi connectivity index (χ0) is 10.9. The Hall–Kier alpha value is -0.380. The standard InChI is InChI=1S/C12H19NOS/c1-3-9-5-6-10(15-9)11(13)12(2)7-4-8-14-12/h5-6,11H,3-4,7-8,13H2,1-2H3. The summed E-state index contributed by atoms with van der Waals surface area (Å²) in [5.41, 5.74) is 6.15. The van der Waals surface area contributed by atoms with Gasteiger partial charge in [-0.1, -0.05) is 6.92 Å². The maximum absolute atomic E-state index is 6.29. The van der Waals surface area contributed by atoms with E-state index in [9.17, 15) is 0 Å². The smallest absolute Gasteiger partial charge is 0.0855 e. The summed E-state index contributed by atoms with van der Waals surface area (Å²) in [4.78, 5) is 2.67. The third-order valence-corrected chi connectivity index (χ3v) is 4.56. The van der Waals surface area contributed by atoms with Gasteiger partial charge in [0, 0.05) is 16.4 Å². The van der Waals surface area contributed by atoms with Crippen LogP contribution in [0.3, 0.4) is 0 Å². The Bertz CT molecular complexity index is 328. The monoisotopic (exact) mass is 225 g/mol. The van der Waals surface area contributed by atoms with E-state index in [1.807, 2.05) is 11.3 Å². The molecule has 2 N–H and O–H groups in total. The van der Waals surface area contributed by atoms with Crippen LogP contribution in [0.1, 0.15) is 42.5 Å². The summed E-state index contributed by atoms with van der Waals surface area (Å²) < 4.78 is 5.78. The van der Waals surface area contributed by atoms with E-state index in [1.165, 1.54) is 9.75 Å². The van der Waals surface area contributed by atoms with Gasteiger partial charge in [0.2, 0.25) is 0 Å². The van der Waals surface area contributed by atoms with Gasteiger partial charge in [-0.25, -0.2) is 0 Å². The van der Waals surface area contributed by atoms with E-state index >= 15 is 0 Å². The fraction of sp³-hybridized carbons (Fsp3) is 0.667. The highest BCUT2D eigenvalue weighted by atomic mass is 32.1. The maximum Gasteiger partial charge on any atom is 0.0855 e. The average Bonchev–Trinajstić information content (AvgIpc) is 2.85. The molecule has 1 fully saturated rings. The van der Waals surface area contributed by atoms with Crippen molar-refractivity contribution in [3.63, 3.8) is 0 Å². The van der Waals surface area contributed by atoms with Crippen molar-refractivity contribution in [3.8, 4) is 0 Å². The van der Waals surface area contributed by atoms with Gasteiger partial charge < -0.3 is 10.5 Å². The van der Waals surface area contributed by atoms with Gasteiger partial charge in [0.25, 0.3) is 0 Å². The second-order valence-electron chi connectivity index (χ2n) is 4.40. The molecule has 0 saturated carbocycles. The lowest BCUT2D eigenvalue weighted by molar-refractivity contribution is -0.000864. The first-order valence-corrected chi connectivity index (χ1v) is 6.45. The molecule has 0 bridgehead atoms. The summed E-state index contributed by atoms with van der Waals surface area (Å²) in [6, 6.07) is 4.37. The molecule has 1 saturated heterocycles. The third kappa shape index (κ3) is 2.10. The SMILES string of the molecule is CCc1ccc(C(N)C2(C)CCCO2)s1. The van der Waals surface area contributed by atoms with E-state index in [4.69, 9.17) is 10.5 Å². The molecule has 0 aliphatic carbocycles. The molecule has 2 nitrogen and oxygen atoms in total. The molecule has 2 unspecified atom stereocenters.